The molecule has 2 aromatic carbocycles. The second-order valence-electron chi connectivity index (χ2n) is 9.48. The van der Waals surface area contributed by atoms with Crippen molar-refractivity contribution >= 4 is 34.6 Å². The number of piperidine rings is 1. The number of carbonyl (C=O) groups is 2. The van der Waals surface area contributed by atoms with E-state index in [9.17, 15) is 18.8 Å². The van der Waals surface area contributed by atoms with Crippen LogP contribution in [-0.4, -0.2) is 62.8 Å². The largest absolute Gasteiger partial charge is 0.478 e. The molecule has 0 bridgehead atoms. The van der Waals surface area contributed by atoms with Crippen molar-refractivity contribution in [2.45, 2.75) is 31.4 Å². The molecule has 1 aromatic heterocycles. The monoisotopic (exact) mass is 545 g/mol. The SMILES string of the molecule is O=C(O)C=CC(=O)O.O=c1[nH]c2cc(Cl)ccc2n1C1CCN(C[C@H]2CO[C@@H](c3ccc(F)cc3)C2)CC1. The number of aromatic amines is 1. The number of nitrogens with zero attached hydrogens (tertiary/aromatic N) is 2. The third kappa shape index (κ3) is 7.09. The van der Waals surface area contributed by atoms with E-state index in [0.29, 0.717) is 23.1 Å². The van der Waals surface area contributed by atoms with Crippen LogP contribution in [-0.2, 0) is 14.3 Å². The molecular formula is C27H29ClFN3O6. The standard InChI is InChI=1S/C23H25ClFN3O2.C4H4O4/c24-17-3-6-21-20(12-17)26-23(29)28(21)19-7-9-27(10-8-19)13-15-11-22(30-14-15)16-1-4-18(25)5-2-16;5-3(6)1-2-4(7)8/h1-6,12,15,19,22H,7-11,13-14H2,(H,26,29);1-2H,(H,5,6)(H,7,8)/t15-,22+;/m0./s1. The van der Waals surface area contributed by atoms with Gasteiger partial charge >= 0.3 is 17.6 Å². The first-order valence-electron chi connectivity index (χ1n) is 12.3. The molecule has 5 rings (SSSR count). The zero-order valence-electron chi connectivity index (χ0n) is 20.6. The lowest BCUT2D eigenvalue weighted by atomic mass is 9.98. The van der Waals surface area contributed by atoms with E-state index >= 15 is 0 Å². The number of aliphatic carboxylic acids is 2. The van der Waals surface area contributed by atoms with Gasteiger partial charge < -0.3 is 24.8 Å². The molecule has 3 aromatic rings. The van der Waals surface area contributed by atoms with Crippen LogP contribution in [0.4, 0.5) is 4.39 Å². The van der Waals surface area contributed by atoms with E-state index in [1.807, 2.05) is 34.9 Å². The third-order valence-corrected chi connectivity index (χ3v) is 7.04. The van der Waals surface area contributed by atoms with Gasteiger partial charge in [-0.1, -0.05) is 23.7 Å². The Hall–Kier alpha value is -3.47. The van der Waals surface area contributed by atoms with Crippen LogP contribution in [0, 0.1) is 11.7 Å². The van der Waals surface area contributed by atoms with Crippen molar-refractivity contribution < 1.29 is 28.9 Å². The summed E-state index contributed by atoms with van der Waals surface area (Å²) >= 11 is 6.06. The summed E-state index contributed by atoms with van der Waals surface area (Å²) in [7, 11) is 0. The number of rotatable bonds is 6. The molecule has 11 heteroatoms. The van der Waals surface area contributed by atoms with Gasteiger partial charge in [-0.25, -0.2) is 18.8 Å². The van der Waals surface area contributed by atoms with Gasteiger partial charge in [-0.05, 0) is 61.1 Å². The van der Waals surface area contributed by atoms with Gasteiger partial charge in [0.05, 0.1) is 23.7 Å². The predicted molar refractivity (Wildman–Crippen MR) is 140 cm³/mol. The molecule has 3 N–H and O–H groups in total. The molecule has 0 amide bonds. The lowest BCUT2D eigenvalue weighted by Crippen LogP contribution is -2.39. The molecule has 9 nitrogen and oxygen atoms in total. The summed E-state index contributed by atoms with van der Waals surface area (Å²) in [5.41, 5.74) is 2.72. The van der Waals surface area contributed by atoms with Crippen molar-refractivity contribution in [3.63, 3.8) is 0 Å². The van der Waals surface area contributed by atoms with Gasteiger partial charge in [-0.2, -0.15) is 0 Å². The molecule has 0 unspecified atom stereocenters. The fraction of sp³-hybridized carbons (Fsp3) is 0.370. The van der Waals surface area contributed by atoms with Crippen LogP contribution in [0.2, 0.25) is 5.02 Å². The number of halogens is 2. The summed E-state index contributed by atoms with van der Waals surface area (Å²) in [5, 5.41) is 16.3. The number of hydrogen-bond acceptors (Lipinski definition) is 5. The number of H-pyrrole nitrogens is 1. The maximum absolute atomic E-state index is 13.1. The smallest absolute Gasteiger partial charge is 0.328 e. The molecule has 38 heavy (non-hydrogen) atoms. The summed E-state index contributed by atoms with van der Waals surface area (Å²) in [4.78, 5) is 37.0. The Morgan fingerprint density at radius 2 is 1.74 bits per heavy atom. The first-order valence-corrected chi connectivity index (χ1v) is 12.7. The number of carboxylic acids is 2. The molecule has 2 aliphatic rings. The number of likely N-dealkylation sites (tertiary alicyclic amines) is 1. The Balaban J connectivity index is 0.000000368. The van der Waals surface area contributed by atoms with Gasteiger partial charge in [-0.3, -0.25) is 4.57 Å². The molecule has 3 heterocycles. The van der Waals surface area contributed by atoms with E-state index in [2.05, 4.69) is 9.88 Å². The third-order valence-electron chi connectivity index (χ3n) is 6.81. The molecule has 0 spiro atoms. The summed E-state index contributed by atoms with van der Waals surface area (Å²) in [5.74, 6) is -2.25. The van der Waals surface area contributed by atoms with E-state index < -0.39 is 11.9 Å². The Morgan fingerprint density at radius 3 is 2.37 bits per heavy atom. The van der Waals surface area contributed by atoms with Crippen LogP contribution in [0.25, 0.3) is 11.0 Å². The van der Waals surface area contributed by atoms with Crippen LogP contribution in [0.5, 0.6) is 0 Å². The number of benzene rings is 2. The normalized spacial score (nSPS) is 20.5. The Kier molecular flexibility index (Phi) is 8.98. The van der Waals surface area contributed by atoms with E-state index in [1.54, 1.807) is 0 Å². The van der Waals surface area contributed by atoms with Crippen LogP contribution in [0.15, 0.2) is 59.4 Å². The van der Waals surface area contributed by atoms with Gasteiger partial charge in [0.15, 0.2) is 0 Å². The first-order chi connectivity index (χ1) is 18.2. The van der Waals surface area contributed by atoms with Gasteiger partial charge in [0, 0.05) is 42.9 Å². The maximum atomic E-state index is 13.1. The number of aromatic nitrogens is 2. The van der Waals surface area contributed by atoms with Crippen LogP contribution in [0.1, 0.15) is 37.0 Å². The second-order valence-corrected chi connectivity index (χ2v) is 9.91. The fourth-order valence-corrected chi connectivity index (χ4v) is 5.23. The minimum Gasteiger partial charge on any atom is -0.478 e. The number of fused-ring (bicyclic) bond motifs is 1. The average molecular weight is 546 g/mol. The van der Waals surface area contributed by atoms with E-state index in [1.165, 1.54) is 12.1 Å². The zero-order valence-corrected chi connectivity index (χ0v) is 21.3. The Bertz CT molecular complexity index is 1350. The van der Waals surface area contributed by atoms with E-state index in [4.69, 9.17) is 26.6 Å². The molecule has 0 radical (unpaired) electrons. The quantitative estimate of drug-likeness (QED) is 0.395. The lowest BCUT2D eigenvalue weighted by molar-refractivity contribution is -0.134. The van der Waals surface area contributed by atoms with E-state index in [0.717, 1.165) is 62.1 Å². The molecule has 0 aliphatic carbocycles. The van der Waals surface area contributed by atoms with E-state index in [-0.39, 0.29) is 23.7 Å². The first kappa shape index (κ1) is 27.6. The Morgan fingerprint density at radius 1 is 1.08 bits per heavy atom. The van der Waals surface area contributed by atoms with Crippen molar-refractivity contribution in [3.8, 4) is 0 Å². The highest BCUT2D eigenvalue weighted by Gasteiger charge is 2.30. The molecule has 2 atom stereocenters. The zero-order chi connectivity index (χ0) is 27.2. The summed E-state index contributed by atoms with van der Waals surface area (Å²) in [6.07, 6.45) is 4.04. The van der Waals surface area contributed by atoms with Crippen LogP contribution in [0.3, 0.4) is 0 Å². The van der Waals surface area contributed by atoms with Crippen molar-refractivity contribution in [1.82, 2.24) is 14.5 Å². The second kappa shape index (κ2) is 12.4. The maximum Gasteiger partial charge on any atom is 0.328 e. The number of hydrogen-bond donors (Lipinski definition) is 3. The average Bonchev–Trinajstić information content (AvgIpc) is 3.47. The molecule has 2 aliphatic heterocycles. The molecule has 0 saturated carbocycles. The van der Waals surface area contributed by atoms with Gasteiger partial charge in [0.25, 0.3) is 0 Å². The van der Waals surface area contributed by atoms with Crippen molar-refractivity contribution in [2.75, 3.05) is 26.2 Å². The van der Waals surface area contributed by atoms with Gasteiger partial charge in [0.1, 0.15) is 5.82 Å². The fourth-order valence-electron chi connectivity index (χ4n) is 5.06. The van der Waals surface area contributed by atoms with Gasteiger partial charge in [-0.15, -0.1) is 0 Å². The predicted octanol–water partition coefficient (Wildman–Crippen LogP) is 4.25. The van der Waals surface area contributed by atoms with Gasteiger partial charge in [0.2, 0.25) is 0 Å². The van der Waals surface area contributed by atoms with Crippen LogP contribution >= 0.6 is 11.6 Å². The molecule has 2 saturated heterocycles. The molecule has 2 fully saturated rings. The highest BCUT2D eigenvalue weighted by molar-refractivity contribution is 6.31. The van der Waals surface area contributed by atoms with Crippen LogP contribution < -0.4 is 5.69 Å². The summed E-state index contributed by atoms with van der Waals surface area (Å²) < 4.78 is 21.0. The number of nitrogens with one attached hydrogen (secondary N) is 1. The highest BCUT2D eigenvalue weighted by atomic mass is 35.5. The summed E-state index contributed by atoms with van der Waals surface area (Å²) in [6, 6.07) is 12.4. The molecular weight excluding hydrogens is 517 g/mol. The lowest BCUT2D eigenvalue weighted by Gasteiger charge is -2.33. The van der Waals surface area contributed by atoms with Crippen molar-refractivity contribution in [3.05, 3.63) is 81.5 Å². The number of ether oxygens (including phenoxy) is 1. The van der Waals surface area contributed by atoms with Crippen molar-refractivity contribution in [2.24, 2.45) is 5.92 Å². The number of imidazole rings is 1. The summed E-state index contributed by atoms with van der Waals surface area (Å²) in [6.45, 7) is 3.68. The Labute approximate surface area is 223 Å². The highest BCUT2D eigenvalue weighted by Crippen LogP contribution is 2.34. The number of carboxylic acid groups (broad SMARTS) is 2. The topological polar surface area (TPSA) is 125 Å². The minimum atomic E-state index is -1.26. The van der Waals surface area contributed by atoms with Crippen molar-refractivity contribution in [1.29, 1.82) is 0 Å². The minimum absolute atomic E-state index is 0.0583. The molecule has 202 valence electrons.